The summed E-state index contributed by atoms with van der Waals surface area (Å²) in [6.07, 6.45) is -1.06. The monoisotopic (exact) mass is 394 g/mol. The van der Waals surface area contributed by atoms with Crippen LogP contribution < -0.4 is 15.4 Å². The number of hydrogen-bond donors (Lipinski definition) is 2. The highest BCUT2D eigenvalue weighted by Gasteiger charge is 2.25. The highest BCUT2D eigenvalue weighted by Crippen LogP contribution is 2.30. The third kappa shape index (κ3) is 4.79. The molecule has 5 nitrogen and oxygen atoms in total. The van der Waals surface area contributed by atoms with Crippen LogP contribution in [0.15, 0.2) is 53.0 Å². The maximum Gasteiger partial charge on any atom is 0.321 e. The van der Waals surface area contributed by atoms with E-state index in [1.165, 1.54) is 18.2 Å². The fourth-order valence-electron chi connectivity index (χ4n) is 1.98. The molecule has 0 saturated carbocycles. The van der Waals surface area contributed by atoms with Gasteiger partial charge < -0.3 is 10.1 Å². The van der Waals surface area contributed by atoms with E-state index < -0.39 is 23.9 Å². The molecule has 0 aliphatic heterocycles. The third-order valence-electron chi connectivity index (χ3n) is 3.05. The van der Waals surface area contributed by atoms with Crippen molar-refractivity contribution in [3.8, 4) is 5.75 Å². The molecule has 2 rings (SSSR count). The molecule has 0 spiro atoms. The summed E-state index contributed by atoms with van der Waals surface area (Å²) in [5.41, 5.74) is 0.565. The van der Waals surface area contributed by atoms with Gasteiger partial charge in [0.15, 0.2) is 0 Å². The molecule has 2 N–H and O–H groups in total. The number of ether oxygens (including phenoxy) is 1. The van der Waals surface area contributed by atoms with Crippen molar-refractivity contribution in [2.24, 2.45) is 0 Å². The Balaban J connectivity index is 2.26. The summed E-state index contributed by atoms with van der Waals surface area (Å²) in [5.74, 6) is -0.767. The van der Waals surface area contributed by atoms with Gasteiger partial charge in [0.25, 0.3) is 5.91 Å². The molecule has 126 valence electrons. The standard InChI is InChI=1S/C17H16BrFN2O3/c1-2-20-17(23)21-16(22)15(11-6-4-3-5-7-11)24-14-9-8-12(19)10-13(14)18/h3-10,15H,2H2,1H3,(H2,20,21,22,23)/t15-/m0/s1. The van der Waals surface area contributed by atoms with Crippen molar-refractivity contribution in [3.05, 3.63) is 64.4 Å². The van der Waals surface area contributed by atoms with E-state index in [2.05, 4.69) is 26.6 Å². The molecular formula is C17H16BrFN2O3. The van der Waals surface area contributed by atoms with E-state index in [0.29, 0.717) is 16.6 Å². The summed E-state index contributed by atoms with van der Waals surface area (Å²) in [6.45, 7) is 2.13. The molecule has 0 radical (unpaired) electrons. The second-order valence-corrected chi connectivity index (χ2v) is 5.69. The molecule has 0 unspecified atom stereocenters. The second-order valence-electron chi connectivity index (χ2n) is 4.83. The average Bonchev–Trinajstić information content (AvgIpc) is 2.55. The van der Waals surface area contributed by atoms with E-state index >= 15 is 0 Å². The Kier molecular flexibility index (Phi) is 6.31. The van der Waals surface area contributed by atoms with Gasteiger partial charge in [0.05, 0.1) is 4.47 Å². The zero-order valence-corrected chi connectivity index (χ0v) is 14.5. The Labute approximate surface area is 147 Å². The zero-order chi connectivity index (χ0) is 17.5. The average molecular weight is 395 g/mol. The summed E-state index contributed by atoms with van der Waals surface area (Å²) >= 11 is 3.20. The van der Waals surface area contributed by atoms with Crippen molar-refractivity contribution in [3.63, 3.8) is 0 Å². The minimum Gasteiger partial charge on any atom is -0.475 e. The van der Waals surface area contributed by atoms with E-state index in [1.54, 1.807) is 37.3 Å². The number of hydrogen-bond acceptors (Lipinski definition) is 3. The van der Waals surface area contributed by atoms with Crippen molar-refractivity contribution in [2.45, 2.75) is 13.0 Å². The molecule has 0 aliphatic carbocycles. The van der Waals surface area contributed by atoms with Gasteiger partial charge in [-0.3, -0.25) is 10.1 Å². The molecule has 0 heterocycles. The number of benzene rings is 2. The van der Waals surface area contributed by atoms with Gasteiger partial charge in [-0.05, 0) is 41.1 Å². The van der Waals surface area contributed by atoms with Crippen LogP contribution in [0.1, 0.15) is 18.6 Å². The number of amides is 3. The Morgan fingerprint density at radius 2 is 1.92 bits per heavy atom. The summed E-state index contributed by atoms with van der Waals surface area (Å²) in [7, 11) is 0. The number of imide groups is 1. The molecule has 0 saturated heterocycles. The lowest BCUT2D eigenvalue weighted by atomic mass is 10.1. The minimum absolute atomic E-state index is 0.288. The second kappa shape index (κ2) is 8.44. The van der Waals surface area contributed by atoms with Crippen LogP contribution >= 0.6 is 15.9 Å². The van der Waals surface area contributed by atoms with Gasteiger partial charge in [-0.1, -0.05) is 30.3 Å². The van der Waals surface area contributed by atoms with Crippen LogP contribution in [0.2, 0.25) is 0 Å². The van der Waals surface area contributed by atoms with Crippen LogP contribution in [0.5, 0.6) is 5.75 Å². The lowest BCUT2D eigenvalue weighted by Crippen LogP contribution is -2.42. The molecule has 2 aromatic carbocycles. The maximum atomic E-state index is 13.2. The first kappa shape index (κ1) is 17.9. The molecule has 2 aromatic rings. The maximum absolute atomic E-state index is 13.2. The number of urea groups is 1. The van der Waals surface area contributed by atoms with E-state index in [1.807, 2.05) is 0 Å². The minimum atomic E-state index is -1.06. The molecular weight excluding hydrogens is 379 g/mol. The van der Waals surface area contributed by atoms with Crippen LogP contribution in [0.25, 0.3) is 0 Å². The van der Waals surface area contributed by atoms with Gasteiger partial charge in [0, 0.05) is 12.1 Å². The Bertz CT molecular complexity index is 725. The van der Waals surface area contributed by atoms with Crippen molar-refractivity contribution >= 4 is 27.9 Å². The molecule has 1 atom stereocenters. The zero-order valence-electron chi connectivity index (χ0n) is 12.9. The topological polar surface area (TPSA) is 67.4 Å². The summed E-state index contributed by atoms with van der Waals surface area (Å²) in [6, 6.07) is 12.0. The highest BCUT2D eigenvalue weighted by molar-refractivity contribution is 9.10. The largest absolute Gasteiger partial charge is 0.475 e. The van der Waals surface area contributed by atoms with Gasteiger partial charge in [0.2, 0.25) is 6.10 Å². The molecule has 0 aromatic heterocycles. The van der Waals surface area contributed by atoms with Crippen LogP contribution in [0, 0.1) is 5.82 Å². The molecule has 0 bridgehead atoms. The number of carbonyl (C=O) groups is 2. The number of carbonyl (C=O) groups excluding carboxylic acids is 2. The van der Waals surface area contributed by atoms with Gasteiger partial charge in [-0.2, -0.15) is 0 Å². The molecule has 0 fully saturated rings. The normalized spacial score (nSPS) is 11.5. The number of rotatable bonds is 5. The fourth-order valence-corrected chi connectivity index (χ4v) is 2.43. The Morgan fingerprint density at radius 3 is 2.54 bits per heavy atom. The van der Waals surface area contributed by atoms with E-state index in [9.17, 15) is 14.0 Å². The number of nitrogens with one attached hydrogen (secondary N) is 2. The van der Waals surface area contributed by atoms with Crippen LogP contribution in [0.4, 0.5) is 9.18 Å². The predicted molar refractivity (Wildman–Crippen MR) is 91.1 cm³/mol. The smallest absolute Gasteiger partial charge is 0.321 e. The van der Waals surface area contributed by atoms with Crippen molar-refractivity contribution in [2.75, 3.05) is 6.54 Å². The Hall–Kier alpha value is -2.41. The lowest BCUT2D eigenvalue weighted by molar-refractivity contribution is -0.127. The van der Waals surface area contributed by atoms with Crippen molar-refractivity contribution in [1.29, 1.82) is 0 Å². The summed E-state index contributed by atoms with van der Waals surface area (Å²) in [4.78, 5) is 24.0. The SMILES string of the molecule is CCNC(=O)NC(=O)[C@@H](Oc1ccc(F)cc1Br)c1ccccc1. The molecule has 3 amide bonds. The van der Waals surface area contributed by atoms with Gasteiger partial charge >= 0.3 is 6.03 Å². The van der Waals surface area contributed by atoms with Gasteiger partial charge in [-0.25, -0.2) is 9.18 Å². The van der Waals surface area contributed by atoms with Crippen molar-refractivity contribution < 1.29 is 18.7 Å². The highest BCUT2D eigenvalue weighted by atomic mass is 79.9. The number of halogens is 2. The van der Waals surface area contributed by atoms with E-state index in [-0.39, 0.29) is 5.75 Å². The first-order chi connectivity index (χ1) is 11.5. The van der Waals surface area contributed by atoms with Crippen LogP contribution in [-0.4, -0.2) is 18.5 Å². The first-order valence-corrected chi connectivity index (χ1v) is 8.06. The van der Waals surface area contributed by atoms with Crippen molar-refractivity contribution in [1.82, 2.24) is 10.6 Å². The summed E-state index contributed by atoms with van der Waals surface area (Å²) < 4.78 is 19.3. The van der Waals surface area contributed by atoms with Gasteiger partial charge in [0.1, 0.15) is 11.6 Å². The molecule has 24 heavy (non-hydrogen) atoms. The van der Waals surface area contributed by atoms with Gasteiger partial charge in [-0.15, -0.1) is 0 Å². The third-order valence-corrected chi connectivity index (χ3v) is 3.67. The lowest BCUT2D eigenvalue weighted by Gasteiger charge is -2.19. The summed E-state index contributed by atoms with van der Waals surface area (Å²) in [5, 5.41) is 4.71. The van der Waals surface area contributed by atoms with E-state index in [4.69, 9.17) is 4.74 Å². The molecule has 7 heteroatoms. The Morgan fingerprint density at radius 1 is 1.21 bits per heavy atom. The first-order valence-electron chi connectivity index (χ1n) is 7.26. The fraction of sp³-hybridized carbons (Fsp3) is 0.176. The quantitative estimate of drug-likeness (QED) is 0.814. The van der Waals surface area contributed by atoms with Crippen LogP contribution in [-0.2, 0) is 4.79 Å². The van der Waals surface area contributed by atoms with E-state index in [0.717, 1.165) is 0 Å². The molecule has 0 aliphatic rings. The predicted octanol–water partition coefficient (Wildman–Crippen LogP) is 3.55. The van der Waals surface area contributed by atoms with Crippen LogP contribution in [0.3, 0.4) is 0 Å².